The SMILES string of the molecule is O=NN(CCCl)C(=O)Nc1ccccc1NC(=O)N(CCCl)N=O. The predicted molar refractivity (Wildman–Crippen MR) is 90.9 cm³/mol. The maximum atomic E-state index is 11.9. The molecular weight excluding hydrogens is 363 g/mol. The molecule has 24 heavy (non-hydrogen) atoms. The average Bonchev–Trinajstić information content (AvgIpc) is 2.58. The number of nitrogens with one attached hydrogen (secondary N) is 2. The molecule has 0 radical (unpaired) electrons. The molecule has 4 amide bonds. The molecule has 2 N–H and O–H groups in total. The number of rotatable bonds is 8. The topological polar surface area (TPSA) is 124 Å². The van der Waals surface area contributed by atoms with Crippen molar-refractivity contribution in [3.05, 3.63) is 34.1 Å². The number of hydrogen-bond acceptors (Lipinski definition) is 6. The van der Waals surface area contributed by atoms with Gasteiger partial charge in [-0.25, -0.2) is 9.59 Å². The van der Waals surface area contributed by atoms with E-state index in [2.05, 4.69) is 21.2 Å². The first-order valence-corrected chi connectivity index (χ1v) is 7.68. The number of alkyl halides is 2. The van der Waals surface area contributed by atoms with Gasteiger partial charge < -0.3 is 10.6 Å². The number of hydrogen-bond donors (Lipinski definition) is 2. The molecule has 0 atom stereocenters. The van der Waals surface area contributed by atoms with Crippen molar-refractivity contribution in [1.29, 1.82) is 0 Å². The second-order valence-electron chi connectivity index (χ2n) is 4.19. The van der Waals surface area contributed by atoms with Crippen LogP contribution in [-0.4, -0.2) is 46.9 Å². The van der Waals surface area contributed by atoms with E-state index in [9.17, 15) is 19.4 Å². The Balaban J connectivity index is 2.88. The fourth-order valence-electron chi connectivity index (χ4n) is 1.58. The Kier molecular flexibility index (Phi) is 8.44. The van der Waals surface area contributed by atoms with Gasteiger partial charge in [-0.3, -0.25) is 0 Å². The minimum atomic E-state index is -0.821. The van der Waals surface area contributed by atoms with Crippen LogP contribution >= 0.6 is 23.2 Å². The quantitative estimate of drug-likeness (QED) is 0.410. The standard InChI is InChI=1S/C12H14Cl2N6O4/c13-5-7-19(17-23)11(21)15-9-3-1-2-4-10(9)16-12(22)20(18-24)8-6-14/h1-4H,5-8H2,(H,15,21)(H,16,22). The molecule has 0 saturated carbocycles. The van der Waals surface area contributed by atoms with Crippen LogP contribution in [0.15, 0.2) is 34.8 Å². The number of halogens is 2. The largest absolute Gasteiger partial charge is 0.344 e. The van der Waals surface area contributed by atoms with Crippen LogP contribution in [0.5, 0.6) is 0 Å². The van der Waals surface area contributed by atoms with Gasteiger partial charge in [0.05, 0.1) is 35.0 Å². The number of amides is 4. The van der Waals surface area contributed by atoms with Gasteiger partial charge in [0.25, 0.3) is 0 Å². The predicted octanol–water partition coefficient (Wildman–Crippen LogP) is 3.19. The molecule has 0 aromatic heterocycles. The molecule has 0 unspecified atom stereocenters. The van der Waals surface area contributed by atoms with Crippen molar-refractivity contribution in [2.45, 2.75) is 0 Å². The van der Waals surface area contributed by atoms with Crippen molar-refractivity contribution in [2.75, 3.05) is 35.5 Å². The van der Waals surface area contributed by atoms with Crippen LogP contribution in [0.1, 0.15) is 0 Å². The third-order valence-electron chi connectivity index (χ3n) is 2.67. The van der Waals surface area contributed by atoms with E-state index in [4.69, 9.17) is 23.2 Å². The van der Waals surface area contributed by atoms with Gasteiger partial charge in [-0.05, 0) is 12.1 Å². The highest BCUT2D eigenvalue weighted by Gasteiger charge is 2.18. The van der Waals surface area contributed by atoms with Crippen LogP contribution in [-0.2, 0) is 0 Å². The summed E-state index contributed by atoms with van der Waals surface area (Å²) in [6, 6.07) is 4.52. The Bertz CT molecular complexity index is 552. The molecule has 0 heterocycles. The number of carbonyl (C=O) groups is 2. The normalized spacial score (nSPS) is 9.75. The summed E-state index contributed by atoms with van der Waals surface area (Å²) in [4.78, 5) is 45.1. The fourth-order valence-corrected chi connectivity index (χ4v) is 1.90. The van der Waals surface area contributed by atoms with E-state index in [1.165, 1.54) is 12.1 Å². The summed E-state index contributed by atoms with van der Waals surface area (Å²) in [5.74, 6) is 0.0475. The minimum Gasteiger partial charge on any atom is -0.304 e. The van der Waals surface area contributed by atoms with Crippen molar-refractivity contribution in [3.63, 3.8) is 0 Å². The van der Waals surface area contributed by atoms with Gasteiger partial charge in [0.2, 0.25) is 0 Å². The molecule has 0 aliphatic rings. The first kappa shape index (κ1) is 19.6. The zero-order valence-electron chi connectivity index (χ0n) is 12.3. The van der Waals surface area contributed by atoms with Gasteiger partial charge >= 0.3 is 12.1 Å². The van der Waals surface area contributed by atoms with Crippen LogP contribution in [0.25, 0.3) is 0 Å². The number of benzene rings is 1. The van der Waals surface area contributed by atoms with E-state index in [1.807, 2.05) is 0 Å². The lowest BCUT2D eigenvalue weighted by molar-refractivity contribution is 0.215. The van der Waals surface area contributed by atoms with Crippen molar-refractivity contribution >= 4 is 46.6 Å². The van der Waals surface area contributed by atoms with Crippen LogP contribution in [0.3, 0.4) is 0 Å². The Hall–Kier alpha value is -2.46. The third kappa shape index (κ3) is 5.63. The maximum absolute atomic E-state index is 11.9. The number of nitrogens with zero attached hydrogens (tertiary/aromatic N) is 4. The van der Waals surface area contributed by atoms with Gasteiger partial charge in [0.1, 0.15) is 0 Å². The number of anilines is 2. The molecule has 12 heteroatoms. The molecule has 0 spiro atoms. The van der Waals surface area contributed by atoms with Gasteiger partial charge in [-0.1, -0.05) is 12.1 Å². The summed E-state index contributed by atoms with van der Waals surface area (Å²) in [5, 5.41) is 11.1. The van der Waals surface area contributed by atoms with E-state index in [-0.39, 0.29) is 36.2 Å². The molecular formula is C12H14Cl2N6O4. The van der Waals surface area contributed by atoms with E-state index in [0.717, 1.165) is 0 Å². The Morgan fingerprint density at radius 3 is 1.54 bits per heavy atom. The third-order valence-corrected chi connectivity index (χ3v) is 3.01. The minimum absolute atomic E-state index is 0.0237. The Morgan fingerprint density at radius 1 is 0.875 bits per heavy atom. The van der Waals surface area contributed by atoms with Crippen molar-refractivity contribution in [1.82, 2.24) is 10.0 Å². The summed E-state index contributed by atoms with van der Waals surface area (Å²) >= 11 is 10.9. The van der Waals surface area contributed by atoms with Crippen molar-refractivity contribution in [3.8, 4) is 0 Å². The summed E-state index contributed by atoms with van der Waals surface area (Å²) in [7, 11) is 0. The highest BCUT2D eigenvalue weighted by Crippen LogP contribution is 2.22. The van der Waals surface area contributed by atoms with Crippen molar-refractivity contribution in [2.24, 2.45) is 10.6 Å². The number of carbonyl (C=O) groups excluding carboxylic acids is 2. The smallest absolute Gasteiger partial charge is 0.304 e. The number of para-hydroxylation sites is 2. The molecule has 10 nitrogen and oxygen atoms in total. The van der Waals surface area contributed by atoms with Gasteiger partial charge in [0, 0.05) is 11.8 Å². The number of urea groups is 2. The summed E-state index contributed by atoms with van der Waals surface area (Å²) in [6.45, 7) is -0.159. The monoisotopic (exact) mass is 376 g/mol. The molecule has 0 bridgehead atoms. The molecule has 1 rings (SSSR count). The zero-order valence-corrected chi connectivity index (χ0v) is 13.8. The summed E-state index contributed by atoms with van der Waals surface area (Å²) in [5.41, 5.74) is 0.381. The van der Waals surface area contributed by atoms with E-state index in [1.54, 1.807) is 12.1 Å². The average molecular weight is 377 g/mol. The van der Waals surface area contributed by atoms with Crippen LogP contribution in [0.2, 0.25) is 0 Å². The molecule has 0 aliphatic heterocycles. The first-order chi connectivity index (χ1) is 11.6. The maximum Gasteiger partial charge on any atom is 0.344 e. The highest BCUT2D eigenvalue weighted by molar-refractivity contribution is 6.18. The lowest BCUT2D eigenvalue weighted by Gasteiger charge is -2.17. The Morgan fingerprint density at radius 2 is 1.25 bits per heavy atom. The molecule has 1 aromatic rings. The number of nitroso groups, excluding NO2 is 2. The van der Waals surface area contributed by atoms with Crippen molar-refractivity contribution < 1.29 is 9.59 Å². The molecule has 0 aliphatic carbocycles. The lowest BCUT2D eigenvalue weighted by Crippen LogP contribution is -2.33. The fraction of sp³-hybridized carbons (Fsp3) is 0.333. The van der Waals surface area contributed by atoms with E-state index >= 15 is 0 Å². The van der Waals surface area contributed by atoms with Gasteiger partial charge in [0.15, 0.2) is 0 Å². The van der Waals surface area contributed by atoms with Gasteiger partial charge in [-0.2, -0.15) is 10.0 Å². The molecule has 1 aromatic carbocycles. The summed E-state index contributed by atoms with van der Waals surface area (Å²) < 4.78 is 0. The molecule has 0 saturated heterocycles. The lowest BCUT2D eigenvalue weighted by atomic mass is 10.2. The summed E-state index contributed by atoms with van der Waals surface area (Å²) in [6.07, 6.45) is 0. The van der Waals surface area contributed by atoms with E-state index in [0.29, 0.717) is 10.0 Å². The second kappa shape index (κ2) is 10.3. The van der Waals surface area contributed by atoms with Crippen LogP contribution < -0.4 is 10.6 Å². The Labute approximate surface area is 146 Å². The van der Waals surface area contributed by atoms with E-state index < -0.39 is 12.1 Å². The van der Waals surface area contributed by atoms with Crippen LogP contribution in [0.4, 0.5) is 21.0 Å². The molecule has 0 fully saturated rings. The van der Waals surface area contributed by atoms with Crippen LogP contribution in [0, 0.1) is 9.81 Å². The zero-order chi connectivity index (χ0) is 17.9. The first-order valence-electron chi connectivity index (χ1n) is 6.61. The second-order valence-corrected chi connectivity index (χ2v) is 4.95. The highest BCUT2D eigenvalue weighted by atomic mass is 35.5. The van der Waals surface area contributed by atoms with Gasteiger partial charge in [-0.15, -0.1) is 33.0 Å². The molecule has 130 valence electrons.